The minimum Gasteiger partial charge on any atom is -0.488 e. The highest BCUT2D eigenvalue weighted by atomic mass is 19.1. The number of aliphatic hydroxyl groups excluding tert-OH is 1. The molecule has 5 nitrogen and oxygen atoms in total. The Balaban J connectivity index is 1.49. The summed E-state index contributed by atoms with van der Waals surface area (Å²) in [6.07, 6.45) is -1.26. The molecule has 0 bridgehead atoms. The summed E-state index contributed by atoms with van der Waals surface area (Å²) in [5.41, 5.74) is 0.908. The van der Waals surface area contributed by atoms with Gasteiger partial charge in [-0.15, -0.1) is 0 Å². The number of likely N-dealkylation sites (tertiary alicyclic amines) is 1. The molecule has 1 fully saturated rings. The average Bonchev–Trinajstić information content (AvgIpc) is 2.64. The number of hydrogen-bond donors (Lipinski definition) is 1. The fraction of sp³-hybridized carbons (Fsp3) is 0.316. The summed E-state index contributed by atoms with van der Waals surface area (Å²) < 4.78 is 23.9. The van der Waals surface area contributed by atoms with Gasteiger partial charge in [-0.3, -0.25) is 0 Å². The molecule has 1 aliphatic rings. The monoisotopic (exact) mass is 345 g/mol. The molecule has 0 spiro atoms. The lowest BCUT2D eigenvalue weighted by Gasteiger charge is -2.35. The number of benzene rings is 2. The molecule has 25 heavy (non-hydrogen) atoms. The molecule has 0 radical (unpaired) electrons. The van der Waals surface area contributed by atoms with Crippen LogP contribution < -0.4 is 4.74 Å². The van der Waals surface area contributed by atoms with Gasteiger partial charge in [0.1, 0.15) is 30.4 Å². The van der Waals surface area contributed by atoms with E-state index in [0.717, 1.165) is 5.56 Å². The first kappa shape index (κ1) is 17.2. The lowest BCUT2D eigenvalue weighted by Crippen LogP contribution is -2.51. The topological polar surface area (TPSA) is 59.0 Å². The highest BCUT2D eigenvalue weighted by Crippen LogP contribution is 2.20. The van der Waals surface area contributed by atoms with Crippen molar-refractivity contribution in [3.8, 4) is 5.75 Å². The van der Waals surface area contributed by atoms with Crippen LogP contribution in [0.4, 0.5) is 9.18 Å². The Morgan fingerprint density at radius 2 is 1.88 bits per heavy atom. The van der Waals surface area contributed by atoms with Crippen molar-refractivity contribution < 1.29 is 23.8 Å². The van der Waals surface area contributed by atoms with Gasteiger partial charge in [-0.1, -0.05) is 30.3 Å². The van der Waals surface area contributed by atoms with Crippen molar-refractivity contribution in [1.82, 2.24) is 4.90 Å². The van der Waals surface area contributed by atoms with Gasteiger partial charge in [0.05, 0.1) is 6.54 Å². The molecule has 1 saturated heterocycles. The fourth-order valence-electron chi connectivity index (χ4n) is 2.71. The number of carbonyl (C=O) groups excluding carboxylic acids is 1. The summed E-state index contributed by atoms with van der Waals surface area (Å²) in [5.74, 6) is 0.148. The molecule has 2 atom stereocenters. The van der Waals surface area contributed by atoms with Crippen molar-refractivity contribution in [2.75, 3.05) is 13.1 Å². The van der Waals surface area contributed by atoms with Crippen LogP contribution in [0.25, 0.3) is 0 Å². The summed E-state index contributed by atoms with van der Waals surface area (Å²) in [6.45, 7) is 0.762. The molecule has 2 aromatic carbocycles. The van der Waals surface area contributed by atoms with E-state index in [1.54, 1.807) is 0 Å². The third-order valence-corrected chi connectivity index (χ3v) is 4.08. The predicted molar refractivity (Wildman–Crippen MR) is 89.6 cm³/mol. The van der Waals surface area contributed by atoms with Gasteiger partial charge in [0, 0.05) is 13.0 Å². The Bertz CT molecular complexity index is 692. The van der Waals surface area contributed by atoms with E-state index >= 15 is 0 Å². The maximum atomic E-state index is 12.9. The number of halogens is 1. The number of piperidine rings is 1. The molecule has 0 unspecified atom stereocenters. The Labute approximate surface area is 145 Å². The highest BCUT2D eigenvalue weighted by molar-refractivity contribution is 5.67. The molecule has 6 heteroatoms. The summed E-state index contributed by atoms with van der Waals surface area (Å²) >= 11 is 0. The minimum absolute atomic E-state index is 0.138. The molecule has 1 aliphatic heterocycles. The van der Waals surface area contributed by atoms with E-state index < -0.39 is 18.3 Å². The highest BCUT2D eigenvalue weighted by Gasteiger charge is 2.32. The molecule has 132 valence electrons. The second-order valence-electron chi connectivity index (χ2n) is 5.95. The van der Waals surface area contributed by atoms with E-state index in [-0.39, 0.29) is 19.0 Å². The molecule has 1 amide bonds. The SMILES string of the molecule is O=C(OCc1ccccc1)N1CC[C@H](Oc2ccc(F)cc2)[C@@H](O)C1. The molecule has 3 rings (SSSR count). The summed E-state index contributed by atoms with van der Waals surface area (Å²) in [7, 11) is 0. The van der Waals surface area contributed by atoms with Crippen LogP contribution in [-0.2, 0) is 11.3 Å². The van der Waals surface area contributed by atoms with Crippen LogP contribution >= 0.6 is 0 Å². The van der Waals surface area contributed by atoms with Crippen LogP contribution in [-0.4, -0.2) is 41.4 Å². The van der Waals surface area contributed by atoms with E-state index in [2.05, 4.69) is 0 Å². The normalized spacial score (nSPS) is 20.2. The maximum Gasteiger partial charge on any atom is 0.410 e. The largest absolute Gasteiger partial charge is 0.488 e. The number of β-amino-alcohol motifs (C(OH)–C–C–N with tert-alkyl or cyclic N) is 1. The first-order chi connectivity index (χ1) is 12.1. The van der Waals surface area contributed by atoms with E-state index in [1.807, 2.05) is 30.3 Å². The second kappa shape index (κ2) is 7.98. The predicted octanol–water partition coefficient (Wildman–Crippen LogP) is 2.98. The minimum atomic E-state index is -0.830. The number of nitrogens with zero attached hydrogens (tertiary/aromatic N) is 1. The van der Waals surface area contributed by atoms with E-state index in [0.29, 0.717) is 18.7 Å². The van der Waals surface area contributed by atoms with Crippen LogP contribution in [0.1, 0.15) is 12.0 Å². The van der Waals surface area contributed by atoms with E-state index in [9.17, 15) is 14.3 Å². The maximum absolute atomic E-state index is 12.9. The molecule has 0 saturated carbocycles. The van der Waals surface area contributed by atoms with Crippen LogP contribution in [0.15, 0.2) is 54.6 Å². The molecular weight excluding hydrogens is 325 g/mol. The Hall–Kier alpha value is -2.60. The average molecular weight is 345 g/mol. The van der Waals surface area contributed by atoms with Crippen molar-refractivity contribution >= 4 is 6.09 Å². The van der Waals surface area contributed by atoms with E-state index in [1.165, 1.54) is 29.2 Å². The number of hydrogen-bond acceptors (Lipinski definition) is 4. The molecule has 1 heterocycles. The van der Waals surface area contributed by atoms with Crippen molar-refractivity contribution in [2.24, 2.45) is 0 Å². The van der Waals surface area contributed by atoms with Gasteiger partial charge in [-0.25, -0.2) is 9.18 Å². The zero-order chi connectivity index (χ0) is 17.6. The van der Waals surface area contributed by atoms with Gasteiger partial charge in [0.25, 0.3) is 0 Å². The van der Waals surface area contributed by atoms with Crippen molar-refractivity contribution in [1.29, 1.82) is 0 Å². The van der Waals surface area contributed by atoms with Gasteiger partial charge in [-0.05, 0) is 29.8 Å². The van der Waals surface area contributed by atoms with Gasteiger partial charge >= 0.3 is 6.09 Å². The van der Waals surface area contributed by atoms with Crippen LogP contribution in [0, 0.1) is 5.82 Å². The zero-order valence-corrected chi connectivity index (χ0v) is 13.7. The van der Waals surface area contributed by atoms with Gasteiger partial charge in [-0.2, -0.15) is 0 Å². The van der Waals surface area contributed by atoms with Crippen molar-refractivity contribution in [3.63, 3.8) is 0 Å². The summed E-state index contributed by atoms with van der Waals surface area (Å²) in [6, 6.07) is 15.1. The first-order valence-corrected chi connectivity index (χ1v) is 8.18. The summed E-state index contributed by atoms with van der Waals surface area (Å²) in [4.78, 5) is 13.6. The third-order valence-electron chi connectivity index (χ3n) is 4.08. The molecule has 2 aromatic rings. The van der Waals surface area contributed by atoms with Gasteiger partial charge in [0.2, 0.25) is 0 Å². The smallest absolute Gasteiger partial charge is 0.410 e. The Morgan fingerprint density at radius 3 is 2.56 bits per heavy atom. The van der Waals surface area contributed by atoms with Crippen LogP contribution in [0.5, 0.6) is 5.75 Å². The number of ether oxygens (including phenoxy) is 2. The number of amides is 1. The number of aliphatic hydroxyl groups is 1. The van der Waals surface area contributed by atoms with E-state index in [4.69, 9.17) is 9.47 Å². The molecule has 0 aliphatic carbocycles. The number of rotatable bonds is 4. The van der Waals surface area contributed by atoms with Crippen LogP contribution in [0.3, 0.4) is 0 Å². The molecule has 0 aromatic heterocycles. The Kier molecular flexibility index (Phi) is 5.50. The quantitative estimate of drug-likeness (QED) is 0.925. The second-order valence-corrected chi connectivity index (χ2v) is 5.95. The molecule has 1 N–H and O–H groups in total. The van der Waals surface area contributed by atoms with Gasteiger partial charge in [0.15, 0.2) is 0 Å². The first-order valence-electron chi connectivity index (χ1n) is 8.18. The lowest BCUT2D eigenvalue weighted by atomic mass is 10.1. The standard InChI is InChI=1S/C19H20FNO4/c20-15-6-8-16(9-7-15)25-18-10-11-21(12-17(18)22)19(23)24-13-14-4-2-1-3-5-14/h1-9,17-18,22H,10-13H2/t17-,18-/m0/s1. The Morgan fingerprint density at radius 1 is 1.16 bits per heavy atom. The van der Waals surface area contributed by atoms with Crippen LogP contribution in [0.2, 0.25) is 0 Å². The zero-order valence-electron chi connectivity index (χ0n) is 13.7. The fourth-order valence-corrected chi connectivity index (χ4v) is 2.71. The third kappa shape index (κ3) is 4.70. The van der Waals surface area contributed by atoms with Crippen molar-refractivity contribution in [2.45, 2.75) is 25.2 Å². The van der Waals surface area contributed by atoms with Crippen molar-refractivity contribution in [3.05, 3.63) is 66.0 Å². The molecular formula is C19H20FNO4. The summed E-state index contributed by atoms with van der Waals surface area (Å²) in [5, 5.41) is 10.2. The lowest BCUT2D eigenvalue weighted by molar-refractivity contribution is -0.0252. The number of carbonyl (C=O) groups is 1. The van der Waals surface area contributed by atoms with Gasteiger partial charge < -0.3 is 19.5 Å².